The smallest absolute Gasteiger partial charge is 0.217 e. The molecule has 0 bridgehead atoms. The summed E-state index contributed by atoms with van der Waals surface area (Å²) in [5, 5.41) is 9.88. The van der Waals surface area contributed by atoms with E-state index in [1.807, 2.05) is 30.7 Å². The maximum absolute atomic E-state index is 14.0. The van der Waals surface area contributed by atoms with Crippen LogP contribution in [0.3, 0.4) is 0 Å². The van der Waals surface area contributed by atoms with Gasteiger partial charge in [0.05, 0.1) is 17.9 Å². The minimum atomic E-state index is -0.375. The predicted octanol–water partition coefficient (Wildman–Crippen LogP) is 3.86. The number of fused-ring (bicyclic) bond motifs is 2. The Hall–Kier alpha value is -3.68. The molecule has 7 nitrogen and oxygen atoms in total. The molecular weight excluding hydrogens is 399 g/mol. The molecule has 3 aromatic rings. The highest BCUT2D eigenvalue weighted by Crippen LogP contribution is 2.30. The predicted molar refractivity (Wildman–Crippen MR) is 116 cm³/mol. The van der Waals surface area contributed by atoms with Crippen LogP contribution in [0.2, 0.25) is 0 Å². The van der Waals surface area contributed by atoms with Crippen LogP contribution in [-0.2, 0) is 29.3 Å². The van der Waals surface area contributed by atoms with E-state index in [1.54, 1.807) is 24.3 Å². The van der Waals surface area contributed by atoms with E-state index in [2.05, 4.69) is 15.7 Å². The first-order valence-electron chi connectivity index (χ1n) is 10.1. The zero-order valence-electron chi connectivity index (χ0n) is 17.7. The van der Waals surface area contributed by atoms with Crippen LogP contribution >= 0.6 is 0 Å². The second-order valence-electron chi connectivity index (χ2n) is 6.77. The summed E-state index contributed by atoms with van der Waals surface area (Å²) in [6.45, 7) is 6.36. The van der Waals surface area contributed by atoms with Crippen LogP contribution in [0.15, 0.2) is 42.5 Å². The number of hydrogen-bond acceptors (Lipinski definition) is 4. The van der Waals surface area contributed by atoms with Gasteiger partial charge < -0.3 is 15.4 Å². The van der Waals surface area contributed by atoms with Gasteiger partial charge in [-0.3, -0.25) is 14.3 Å². The van der Waals surface area contributed by atoms with E-state index in [-0.39, 0.29) is 18.3 Å². The van der Waals surface area contributed by atoms with Crippen molar-refractivity contribution < 1.29 is 18.7 Å². The Labute approximate surface area is 180 Å². The summed E-state index contributed by atoms with van der Waals surface area (Å²) in [5.41, 5.74) is 4.36. The van der Waals surface area contributed by atoms with Gasteiger partial charge in [-0.2, -0.15) is 5.10 Å². The molecule has 0 spiro atoms. The standard InChI is InChI=1S/C21H19FN4O3.C2H6/c1-13(28)23-9-16-6-14(3-5-19(16)22)20-8-18-11-29-21-7-17(24-12-27)4-2-15(21)10-26(18)25-20;1-2/h2-8,12H,9-11H2,1H3,(H,23,28)(H,24,27);1-2H3. The molecule has 1 aliphatic heterocycles. The number of hydrogen-bond donors (Lipinski definition) is 2. The molecule has 0 unspecified atom stereocenters. The van der Waals surface area contributed by atoms with E-state index in [1.165, 1.54) is 13.0 Å². The molecule has 2 N–H and O–H groups in total. The van der Waals surface area contributed by atoms with Crippen LogP contribution in [0.25, 0.3) is 11.3 Å². The highest BCUT2D eigenvalue weighted by molar-refractivity contribution is 5.73. The maximum atomic E-state index is 14.0. The molecule has 1 aliphatic rings. The number of anilines is 1. The number of carbonyl (C=O) groups is 2. The monoisotopic (exact) mass is 424 g/mol. The number of carbonyl (C=O) groups excluding carboxylic acids is 2. The normalized spacial score (nSPS) is 11.6. The first-order chi connectivity index (χ1) is 15.0. The first-order valence-corrected chi connectivity index (χ1v) is 10.1. The van der Waals surface area contributed by atoms with Crippen molar-refractivity contribution in [2.45, 2.75) is 40.5 Å². The molecule has 2 heterocycles. The Balaban J connectivity index is 0.00000132. The number of nitrogens with zero attached hydrogens (tertiary/aromatic N) is 2. The van der Waals surface area contributed by atoms with Crippen molar-refractivity contribution in [3.8, 4) is 17.0 Å². The van der Waals surface area contributed by atoms with Crippen LogP contribution in [0, 0.1) is 5.82 Å². The molecule has 0 radical (unpaired) electrons. The van der Waals surface area contributed by atoms with Gasteiger partial charge in [-0.05, 0) is 30.3 Å². The molecule has 1 aromatic heterocycles. The third-order valence-corrected chi connectivity index (χ3v) is 4.72. The SMILES string of the molecule is CC.CC(=O)NCc1cc(-c2cc3n(n2)Cc2ccc(NC=O)cc2OC3)ccc1F. The molecule has 4 rings (SSSR count). The van der Waals surface area contributed by atoms with Crippen molar-refractivity contribution in [3.63, 3.8) is 0 Å². The Morgan fingerprint density at radius 3 is 2.77 bits per heavy atom. The number of halogens is 1. The van der Waals surface area contributed by atoms with Crippen LogP contribution < -0.4 is 15.4 Å². The summed E-state index contributed by atoms with van der Waals surface area (Å²) in [7, 11) is 0. The fraction of sp³-hybridized carbons (Fsp3) is 0.261. The fourth-order valence-electron chi connectivity index (χ4n) is 3.23. The van der Waals surface area contributed by atoms with Crippen molar-refractivity contribution in [2.24, 2.45) is 0 Å². The van der Waals surface area contributed by atoms with E-state index in [4.69, 9.17) is 4.74 Å². The molecule has 0 fully saturated rings. The topological polar surface area (TPSA) is 85.3 Å². The third-order valence-electron chi connectivity index (χ3n) is 4.72. The molecule has 0 atom stereocenters. The van der Waals surface area contributed by atoms with Gasteiger partial charge >= 0.3 is 0 Å². The molecule has 0 aliphatic carbocycles. The van der Waals surface area contributed by atoms with E-state index < -0.39 is 0 Å². The van der Waals surface area contributed by atoms with E-state index >= 15 is 0 Å². The summed E-state index contributed by atoms with van der Waals surface area (Å²) >= 11 is 0. The van der Waals surface area contributed by atoms with Gasteiger partial charge in [0.25, 0.3) is 0 Å². The second-order valence-corrected chi connectivity index (χ2v) is 6.77. The van der Waals surface area contributed by atoms with Crippen molar-refractivity contribution in [2.75, 3.05) is 5.32 Å². The number of rotatable bonds is 5. The van der Waals surface area contributed by atoms with Crippen LogP contribution in [0.1, 0.15) is 37.6 Å². The summed E-state index contributed by atoms with van der Waals surface area (Å²) < 4.78 is 21.8. The number of benzene rings is 2. The van der Waals surface area contributed by atoms with Gasteiger partial charge in [-0.1, -0.05) is 19.9 Å². The molecule has 2 aromatic carbocycles. The Bertz CT molecular complexity index is 1090. The van der Waals surface area contributed by atoms with Crippen LogP contribution in [0.5, 0.6) is 5.75 Å². The summed E-state index contributed by atoms with van der Waals surface area (Å²) in [5.74, 6) is 0.106. The van der Waals surface area contributed by atoms with Gasteiger partial charge in [0.2, 0.25) is 12.3 Å². The number of aromatic nitrogens is 2. The Kier molecular flexibility index (Phi) is 7.02. The lowest BCUT2D eigenvalue weighted by Crippen LogP contribution is -2.19. The number of ether oxygens (including phenoxy) is 1. The molecule has 8 heteroatoms. The quantitative estimate of drug-likeness (QED) is 0.609. The van der Waals surface area contributed by atoms with E-state index in [0.29, 0.717) is 42.3 Å². The molecule has 162 valence electrons. The van der Waals surface area contributed by atoms with Gasteiger partial charge in [0.15, 0.2) is 0 Å². The molecular formula is C23H25FN4O3. The van der Waals surface area contributed by atoms with Crippen molar-refractivity contribution in [1.82, 2.24) is 15.1 Å². The van der Waals surface area contributed by atoms with Gasteiger partial charge in [0.1, 0.15) is 18.2 Å². The summed E-state index contributed by atoms with van der Waals surface area (Å²) in [6.07, 6.45) is 0.624. The average molecular weight is 424 g/mol. The molecule has 0 saturated heterocycles. The third kappa shape index (κ3) is 5.09. The zero-order chi connectivity index (χ0) is 22.4. The van der Waals surface area contributed by atoms with E-state index in [0.717, 1.165) is 16.8 Å². The highest BCUT2D eigenvalue weighted by atomic mass is 19.1. The van der Waals surface area contributed by atoms with Crippen LogP contribution in [-0.4, -0.2) is 22.1 Å². The average Bonchev–Trinajstić information content (AvgIpc) is 3.09. The molecule has 0 saturated carbocycles. The van der Waals surface area contributed by atoms with Crippen molar-refractivity contribution in [1.29, 1.82) is 0 Å². The first kappa shape index (κ1) is 22.0. The lowest BCUT2D eigenvalue weighted by molar-refractivity contribution is -0.119. The zero-order valence-corrected chi connectivity index (χ0v) is 17.7. The van der Waals surface area contributed by atoms with Crippen LogP contribution in [0.4, 0.5) is 10.1 Å². The maximum Gasteiger partial charge on any atom is 0.217 e. The summed E-state index contributed by atoms with van der Waals surface area (Å²) in [6, 6.07) is 12.1. The Morgan fingerprint density at radius 2 is 2.03 bits per heavy atom. The fourth-order valence-corrected chi connectivity index (χ4v) is 3.23. The molecule has 2 amide bonds. The molecule has 31 heavy (non-hydrogen) atoms. The largest absolute Gasteiger partial charge is 0.487 e. The lowest BCUT2D eigenvalue weighted by Gasteiger charge is -2.09. The number of amides is 2. The minimum Gasteiger partial charge on any atom is -0.487 e. The minimum absolute atomic E-state index is 0.121. The highest BCUT2D eigenvalue weighted by Gasteiger charge is 2.18. The van der Waals surface area contributed by atoms with E-state index in [9.17, 15) is 14.0 Å². The summed E-state index contributed by atoms with van der Waals surface area (Å²) in [4.78, 5) is 21.8. The van der Waals surface area contributed by atoms with Gasteiger partial charge in [-0.15, -0.1) is 0 Å². The Morgan fingerprint density at radius 1 is 1.23 bits per heavy atom. The van der Waals surface area contributed by atoms with Crippen molar-refractivity contribution in [3.05, 3.63) is 65.1 Å². The lowest BCUT2D eigenvalue weighted by atomic mass is 10.1. The van der Waals surface area contributed by atoms with Crippen molar-refractivity contribution >= 4 is 18.0 Å². The number of nitrogens with one attached hydrogen (secondary N) is 2. The second kappa shape index (κ2) is 9.88. The van der Waals surface area contributed by atoms with Gasteiger partial charge in [-0.25, -0.2) is 4.39 Å². The van der Waals surface area contributed by atoms with Gasteiger partial charge in [0, 0.05) is 41.9 Å².